The predicted molar refractivity (Wildman–Crippen MR) is 39.1 cm³/mol. The molecule has 0 aliphatic rings. The average Bonchev–Trinajstić information content (AvgIpc) is 1.99. The molecule has 0 aromatic heterocycles. The summed E-state index contributed by atoms with van der Waals surface area (Å²) in [5.41, 5.74) is 0.323. The normalized spacial score (nSPS) is 11.3. The maximum atomic E-state index is 10.2. The summed E-state index contributed by atoms with van der Waals surface area (Å²) in [4.78, 5) is 10.2. The van der Waals surface area contributed by atoms with E-state index in [0.29, 0.717) is 12.3 Å². The van der Waals surface area contributed by atoms with Gasteiger partial charge in [0.15, 0.2) is 5.03 Å². The summed E-state index contributed by atoms with van der Waals surface area (Å²) in [7, 11) is 0. The highest BCUT2D eigenvalue weighted by Crippen LogP contribution is 1.88. The molecule has 0 heterocycles. The molecule has 0 bridgehead atoms. The van der Waals surface area contributed by atoms with E-state index < -0.39 is 5.03 Å². The lowest BCUT2D eigenvalue weighted by Gasteiger charge is -2.09. The number of rotatable bonds is 4. The van der Waals surface area contributed by atoms with Crippen molar-refractivity contribution >= 4 is 5.71 Å². The van der Waals surface area contributed by atoms with Gasteiger partial charge in [-0.3, -0.25) is 0 Å². The van der Waals surface area contributed by atoms with Crippen molar-refractivity contribution in [2.75, 3.05) is 13.1 Å². The number of hydrogen-bond donors (Lipinski definition) is 1. The van der Waals surface area contributed by atoms with Crippen LogP contribution in [0, 0.1) is 10.1 Å². The van der Waals surface area contributed by atoms with Crippen LogP contribution in [0.5, 0.6) is 0 Å². The third kappa shape index (κ3) is 3.39. The van der Waals surface area contributed by atoms with Crippen LogP contribution in [0.4, 0.5) is 0 Å². The Morgan fingerprint density at radius 2 is 2.36 bits per heavy atom. The van der Waals surface area contributed by atoms with Gasteiger partial charge in [-0.15, -0.1) is 5.01 Å². The second-order valence-electron chi connectivity index (χ2n) is 2.05. The highest BCUT2D eigenvalue weighted by molar-refractivity contribution is 5.83. The standard InChI is InChI=1S/C5H11N3O3/c1-3-7(8(10)11)4-5(2)6-9/h9H,3-4H2,1-2H3/b6-5+. The van der Waals surface area contributed by atoms with E-state index >= 15 is 0 Å². The Kier molecular flexibility index (Phi) is 3.94. The first kappa shape index (κ1) is 9.67. The van der Waals surface area contributed by atoms with E-state index in [-0.39, 0.29) is 6.54 Å². The van der Waals surface area contributed by atoms with Gasteiger partial charge in [-0.2, -0.15) is 0 Å². The molecule has 0 amide bonds. The zero-order valence-corrected chi connectivity index (χ0v) is 6.52. The maximum Gasteiger partial charge on any atom is 0.160 e. The fourth-order valence-corrected chi connectivity index (χ4v) is 0.581. The lowest BCUT2D eigenvalue weighted by molar-refractivity contribution is -0.651. The highest BCUT2D eigenvalue weighted by atomic mass is 16.7. The van der Waals surface area contributed by atoms with Gasteiger partial charge < -0.3 is 5.21 Å². The summed E-state index contributed by atoms with van der Waals surface area (Å²) in [5, 5.41) is 21.6. The van der Waals surface area contributed by atoms with Crippen LogP contribution in [-0.4, -0.2) is 34.0 Å². The fourth-order valence-electron chi connectivity index (χ4n) is 0.581. The molecular formula is C5H11N3O3. The van der Waals surface area contributed by atoms with Crippen LogP contribution in [0.15, 0.2) is 5.16 Å². The largest absolute Gasteiger partial charge is 0.411 e. The summed E-state index contributed by atoms with van der Waals surface area (Å²) < 4.78 is 0. The van der Waals surface area contributed by atoms with Crippen molar-refractivity contribution in [1.29, 1.82) is 0 Å². The number of oxime groups is 1. The molecule has 1 N–H and O–H groups in total. The molecule has 0 aromatic rings. The Morgan fingerprint density at radius 3 is 2.64 bits per heavy atom. The molecule has 6 heteroatoms. The number of nitrogens with zero attached hydrogens (tertiary/aromatic N) is 3. The lowest BCUT2D eigenvalue weighted by Crippen LogP contribution is -2.33. The fraction of sp³-hybridized carbons (Fsp3) is 0.800. The third-order valence-electron chi connectivity index (χ3n) is 1.18. The van der Waals surface area contributed by atoms with Gasteiger partial charge in [0, 0.05) is 0 Å². The third-order valence-corrected chi connectivity index (χ3v) is 1.18. The van der Waals surface area contributed by atoms with Gasteiger partial charge in [-0.1, -0.05) is 5.16 Å². The molecular weight excluding hydrogens is 150 g/mol. The van der Waals surface area contributed by atoms with E-state index in [9.17, 15) is 10.1 Å². The van der Waals surface area contributed by atoms with Crippen LogP contribution in [0.1, 0.15) is 13.8 Å². The molecule has 0 radical (unpaired) electrons. The SMILES string of the molecule is CCN(C/C(C)=N/O)[N+](=O)[O-]. The molecule has 64 valence electrons. The van der Waals surface area contributed by atoms with Crippen LogP contribution < -0.4 is 0 Å². The minimum absolute atomic E-state index is 0.0556. The zero-order valence-electron chi connectivity index (χ0n) is 6.52. The molecule has 0 unspecified atom stereocenters. The van der Waals surface area contributed by atoms with Gasteiger partial charge >= 0.3 is 0 Å². The van der Waals surface area contributed by atoms with Crippen molar-refractivity contribution in [3.05, 3.63) is 10.1 Å². The topological polar surface area (TPSA) is 79.0 Å². The average molecular weight is 161 g/mol. The van der Waals surface area contributed by atoms with Crippen LogP contribution in [-0.2, 0) is 0 Å². The van der Waals surface area contributed by atoms with Gasteiger partial charge in [-0.25, -0.2) is 10.1 Å². The summed E-state index contributed by atoms with van der Waals surface area (Å²) in [6, 6.07) is 0. The van der Waals surface area contributed by atoms with Crippen molar-refractivity contribution in [3.63, 3.8) is 0 Å². The smallest absolute Gasteiger partial charge is 0.160 e. The lowest BCUT2D eigenvalue weighted by atomic mass is 10.4. The maximum absolute atomic E-state index is 10.2. The van der Waals surface area contributed by atoms with Gasteiger partial charge in [0.25, 0.3) is 0 Å². The minimum atomic E-state index is -0.519. The Hall–Kier alpha value is -1.33. The van der Waals surface area contributed by atoms with Crippen molar-refractivity contribution < 1.29 is 10.2 Å². The van der Waals surface area contributed by atoms with E-state index in [0.717, 1.165) is 5.01 Å². The molecule has 0 fully saturated rings. The van der Waals surface area contributed by atoms with E-state index in [1.54, 1.807) is 6.92 Å². The molecule has 0 aliphatic carbocycles. The summed E-state index contributed by atoms with van der Waals surface area (Å²) >= 11 is 0. The minimum Gasteiger partial charge on any atom is -0.411 e. The highest BCUT2D eigenvalue weighted by Gasteiger charge is 2.11. The quantitative estimate of drug-likeness (QED) is 0.279. The molecule has 0 aliphatic heterocycles. The number of hydrogen-bond acceptors (Lipinski definition) is 4. The van der Waals surface area contributed by atoms with E-state index in [1.807, 2.05) is 0 Å². The van der Waals surface area contributed by atoms with E-state index in [2.05, 4.69) is 5.16 Å². The van der Waals surface area contributed by atoms with Crippen LogP contribution in [0.2, 0.25) is 0 Å². The van der Waals surface area contributed by atoms with Gasteiger partial charge in [0.2, 0.25) is 0 Å². The molecule has 0 aromatic carbocycles. The van der Waals surface area contributed by atoms with Crippen molar-refractivity contribution in [3.8, 4) is 0 Å². The van der Waals surface area contributed by atoms with Crippen LogP contribution in [0.25, 0.3) is 0 Å². The van der Waals surface area contributed by atoms with Gasteiger partial charge in [0.1, 0.15) is 6.54 Å². The molecule has 0 rings (SSSR count). The zero-order chi connectivity index (χ0) is 8.85. The monoisotopic (exact) mass is 161 g/mol. The van der Waals surface area contributed by atoms with E-state index in [1.165, 1.54) is 6.92 Å². The van der Waals surface area contributed by atoms with Crippen LogP contribution in [0.3, 0.4) is 0 Å². The first-order chi connectivity index (χ1) is 5.11. The molecule has 11 heavy (non-hydrogen) atoms. The van der Waals surface area contributed by atoms with Gasteiger partial charge in [-0.05, 0) is 13.8 Å². The first-order valence-electron chi connectivity index (χ1n) is 3.18. The van der Waals surface area contributed by atoms with Crippen molar-refractivity contribution in [1.82, 2.24) is 5.01 Å². The first-order valence-corrected chi connectivity index (χ1v) is 3.18. The predicted octanol–water partition coefficient (Wildman–Crippen LogP) is 0.350. The van der Waals surface area contributed by atoms with Crippen molar-refractivity contribution in [2.45, 2.75) is 13.8 Å². The Labute approximate surface area is 64.2 Å². The second kappa shape index (κ2) is 4.48. The molecule has 0 saturated carbocycles. The van der Waals surface area contributed by atoms with E-state index in [4.69, 9.17) is 5.21 Å². The Morgan fingerprint density at radius 1 is 1.82 bits per heavy atom. The number of nitro groups is 1. The molecule has 0 saturated heterocycles. The summed E-state index contributed by atoms with van der Waals surface area (Å²) in [5.74, 6) is 0. The number of hydrazine groups is 1. The Bertz CT molecular complexity index is 168. The second-order valence-corrected chi connectivity index (χ2v) is 2.05. The summed E-state index contributed by atoms with van der Waals surface area (Å²) in [6.45, 7) is 3.53. The van der Waals surface area contributed by atoms with Crippen LogP contribution >= 0.6 is 0 Å². The van der Waals surface area contributed by atoms with Crippen molar-refractivity contribution in [2.24, 2.45) is 5.16 Å². The van der Waals surface area contributed by atoms with Gasteiger partial charge in [0.05, 0.1) is 12.3 Å². The molecule has 0 atom stereocenters. The summed E-state index contributed by atoms with van der Waals surface area (Å²) in [6.07, 6.45) is 0. The molecule has 6 nitrogen and oxygen atoms in total. The Balaban J connectivity index is 3.98. The molecule has 0 spiro atoms.